The number of carbonyl (C=O) groups is 1. The zero-order valence-corrected chi connectivity index (χ0v) is 15.2. The first-order valence-electron chi connectivity index (χ1n) is 8.51. The van der Waals surface area contributed by atoms with Gasteiger partial charge in [-0.2, -0.15) is 5.10 Å². The number of hydrogen-bond donors (Lipinski definition) is 2. The first kappa shape index (κ1) is 18.2. The highest BCUT2D eigenvalue weighted by Crippen LogP contribution is 2.08. The number of hydrogen-bond acceptors (Lipinski definition) is 4. The second-order valence-electron chi connectivity index (χ2n) is 5.74. The number of aromatic nitrogens is 2. The Hall–Kier alpha value is -2.64. The topological polar surface area (TPSA) is 68.2 Å². The van der Waals surface area contributed by atoms with Crippen LogP contribution in [0.5, 0.6) is 0 Å². The molecule has 3 rings (SSSR count). The maximum absolute atomic E-state index is 11.9. The lowest BCUT2D eigenvalue weighted by molar-refractivity contribution is 0.111. The number of anilines is 1. The van der Waals surface area contributed by atoms with Crippen molar-refractivity contribution < 1.29 is 9.53 Å². The number of nitrogens with zero attached hydrogens (tertiary/aromatic N) is 2. The molecule has 0 unspecified atom stereocenters. The quantitative estimate of drug-likeness (QED) is 0.566. The largest absolute Gasteiger partial charge is 0.375 e. The highest BCUT2D eigenvalue weighted by Gasteiger charge is 2.04. The van der Waals surface area contributed by atoms with Crippen LogP contribution in [0.2, 0.25) is 0 Å². The van der Waals surface area contributed by atoms with E-state index in [1.54, 1.807) is 28.4 Å². The van der Waals surface area contributed by atoms with Gasteiger partial charge in [-0.3, -0.25) is 4.68 Å². The van der Waals surface area contributed by atoms with Gasteiger partial charge in [0.15, 0.2) is 0 Å². The molecule has 0 aliphatic carbocycles. The minimum atomic E-state index is -0.221. The van der Waals surface area contributed by atoms with Crippen LogP contribution in [0.25, 0.3) is 0 Å². The fraction of sp³-hybridized carbons (Fsp3) is 0.263. The molecule has 0 bridgehead atoms. The molecule has 0 spiro atoms. The van der Waals surface area contributed by atoms with Crippen molar-refractivity contribution in [1.82, 2.24) is 15.1 Å². The summed E-state index contributed by atoms with van der Waals surface area (Å²) in [6.07, 6.45) is 4.27. The van der Waals surface area contributed by atoms with Crippen LogP contribution in [0.3, 0.4) is 0 Å². The van der Waals surface area contributed by atoms with Crippen molar-refractivity contribution in [3.8, 4) is 0 Å². The molecule has 2 heterocycles. The highest BCUT2D eigenvalue weighted by atomic mass is 32.1. The van der Waals surface area contributed by atoms with Crippen molar-refractivity contribution in [2.45, 2.75) is 19.6 Å². The zero-order chi connectivity index (χ0) is 18.0. The van der Waals surface area contributed by atoms with Gasteiger partial charge in [-0.25, -0.2) is 4.79 Å². The molecular weight excluding hydrogens is 348 g/mol. The third kappa shape index (κ3) is 6.02. The van der Waals surface area contributed by atoms with E-state index in [1.165, 1.54) is 4.88 Å². The smallest absolute Gasteiger partial charge is 0.319 e. The lowest BCUT2D eigenvalue weighted by Crippen LogP contribution is -2.30. The van der Waals surface area contributed by atoms with E-state index >= 15 is 0 Å². The SMILES string of the molecule is O=C(NCCc1cccs1)Nc1cnn(CCOCc2ccccc2)c1. The van der Waals surface area contributed by atoms with Crippen LogP contribution in [0.15, 0.2) is 60.2 Å². The summed E-state index contributed by atoms with van der Waals surface area (Å²) in [6, 6.07) is 13.9. The van der Waals surface area contributed by atoms with Gasteiger partial charge in [0.1, 0.15) is 0 Å². The number of ether oxygens (including phenoxy) is 1. The molecule has 0 atom stereocenters. The number of amides is 2. The van der Waals surface area contributed by atoms with Gasteiger partial charge in [-0.1, -0.05) is 36.4 Å². The van der Waals surface area contributed by atoms with Gasteiger partial charge in [0.25, 0.3) is 0 Å². The fourth-order valence-electron chi connectivity index (χ4n) is 2.40. The van der Waals surface area contributed by atoms with Gasteiger partial charge in [0.05, 0.1) is 31.6 Å². The van der Waals surface area contributed by atoms with Crippen LogP contribution in [0.1, 0.15) is 10.4 Å². The average Bonchev–Trinajstić information content (AvgIpc) is 3.32. The minimum absolute atomic E-state index is 0.221. The molecule has 6 nitrogen and oxygen atoms in total. The summed E-state index contributed by atoms with van der Waals surface area (Å²) in [4.78, 5) is 13.1. The van der Waals surface area contributed by atoms with Gasteiger partial charge in [0, 0.05) is 17.6 Å². The van der Waals surface area contributed by atoms with Crippen LogP contribution in [-0.4, -0.2) is 29.0 Å². The third-order valence-corrected chi connectivity index (χ3v) is 4.64. The van der Waals surface area contributed by atoms with E-state index in [2.05, 4.69) is 21.8 Å². The van der Waals surface area contributed by atoms with E-state index in [0.29, 0.717) is 32.0 Å². The van der Waals surface area contributed by atoms with E-state index in [-0.39, 0.29) is 6.03 Å². The predicted octanol–water partition coefficient (Wildman–Crippen LogP) is 3.53. The van der Waals surface area contributed by atoms with E-state index in [9.17, 15) is 4.79 Å². The molecule has 2 N–H and O–H groups in total. The van der Waals surface area contributed by atoms with Crippen molar-refractivity contribution in [2.24, 2.45) is 0 Å². The van der Waals surface area contributed by atoms with Crippen LogP contribution in [0.4, 0.5) is 10.5 Å². The van der Waals surface area contributed by atoms with E-state index < -0.39 is 0 Å². The van der Waals surface area contributed by atoms with Gasteiger partial charge in [-0.15, -0.1) is 11.3 Å². The predicted molar refractivity (Wildman–Crippen MR) is 103 cm³/mol. The van der Waals surface area contributed by atoms with Crippen LogP contribution >= 0.6 is 11.3 Å². The second-order valence-corrected chi connectivity index (χ2v) is 6.77. The summed E-state index contributed by atoms with van der Waals surface area (Å²) in [5.41, 5.74) is 1.82. The maximum Gasteiger partial charge on any atom is 0.319 e. The molecule has 0 radical (unpaired) electrons. The van der Waals surface area contributed by atoms with Crippen molar-refractivity contribution in [1.29, 1.82) is 0 Å². The number of nitrogens with one attached hydrogen (secondary N) is 2. The number of benzene rings is 1. The van der Waals surface area contributed by atoms with Crippen molar-refractivity contribution in [3.05, 3.63) is 70.7 Å². The first-order valence-corrected chi connectivity index (χ1v) is 9.39. The molecular formula is C19H22N4O2S. The van der Waals surface area contributed by atoms with Gasteiger partial charge in [0.2, 0.25) is 0 Å². The lowest BCUT2D eigenvalue weighted by Gasteiger charge is -2.05. The fourth-order valence-corrected chi connectivity index (χ4v) is 3.11. The van der Waals surface area contributed by atoms with Gasteiger partial charge < -0.3 is 15.4 Å². The maximum atomic E-state index is 11.9. The van der Waals surface area contributed by atoms with Crippen LogP contribution in [0, 0.1) is 0 Å². The molecule has 2 aromatic heterocycles. The Bertz CT molecular complexity index is 787. The van der Waals surface area contributed by atoms with Crippen LogP contribution < -0.4 is 10.6 Å². The highest BCUT2D eigenvalue weighted by molar-refractivity contribution is 7.09. The summed E-state index contributed by atoms with van der Waals surface area (Å²) < 4.78 is 7.40. The third-order valence-electron chi connectivity index (χ3n) is 3.70. The summed E-state index contributed by atoms with van der Waals surface area (Å²) >= 11 is 1.69. The molecule has 0 aliphatic heterocycles. The molecule has 136 valence electrons. The summed E-state index contributed by atoms with van der Waals surface area (Å²) in [5.74, 6) is 0. The number of carbonyl (C=O) groups excluding carboxylic acids is 1. The Kier molecular flexibility index (Phi) is 6.80. The minimum Gasteiger partial charge on any atom is -0.375 e. The summed E-state index contributed by atoms with van der Waals surface area (Å²) in [7, 11) is 0. The monoisotopic (exact) mass is 370 g/mol. The van der Waals surface area contributed by atoms with E-state index in [4.69, 9.17) is 4.74 Å². The molecule has 0 saturated carbocycles. The molecule has 0 saturated heterocycles. The number of urea groups is 1. The van der Waals surface area contributed by atoms with Crippen LogP contribution in [-0.2, 0) is 24.3 Å². The molecule has 0 fully saturated rings. The normalized spacial score (nSPS) is 10.6. The Labute approximate surface area is 156 Å². The molecule has 26 heavy (non-hydrogen) atoms. The number of rotatable bonds is 9. The zero-order valence-electron chi connectivity index (χ0n) is 14.4. The van der Waals surface area contributed by atoms with Gasteiger partial charge in [-0.05, 0) is 23.4 Å². The molecule has 7 heteroatoms. The molecule has 2 amide bonds. The standard InChI is InChI=1S/C19H22N4O2S/c24-19(20-9-8-18-7-4-12-26-18)22-17-13-21-23(14-17)10-11-25-15-16-5-2-1-3-6-16/h1-7,12-14H,8-11,15H2,(H2,20,22,24). The molecule has 1 aromatic carbocycles. The Morgan fingerprint density at radius 3 is 2.88 bits per heavy atom. The second kappa shape index (κ2) is 9.74. The Balaban J connectivity index is 1.32. The van der Waals surface area contributed by atoms with Crippen molar-refractivity contribution in [2.75, 3.05) is 18.5 Å². The average molecular weight is 370 g/mol. The Morgan fingerprint density at radius 2 is 2.08 bits per heavy atom. The van der Waals surface area contributed by atoms with Crippen molar-refractivity contribution in [3.63, 3.8) is 0 Å². The van der Waals surface area contributed by atoms with E-state index in [1.807, 2.05) is 41.8 Å². The summed E-state index contributed by atoms with van der Waals surface area (Å²) in [5, 5.41) is 11.9. The first-order chi connectivity index (χ1) is 12.8. The molecule has 3 aromatic rings. The number of thiophene rings is 1. The van der Waals surface area contributed by atoms with E-state index in [0.717, 1.165) is 12.0 Å². The van der Waals surface area contributed by atoms with Crippen molar-refractivity contribution >= 4 is 23.1 Å². The lowest BCUT2D eigenvalue weighted by atomic mass is 10.2. The molecule has 0 aliphatic rings. The summed E-state index contributed by atoms with van der Waals surface area (Å²) in [6.45, 7) is 2.38. The Morgan fingerprint density at radius 1 is 1.19 bits per heavy atom. The van der Waals surface area contributed by atoms with Gasteiger partial charge >= 0.3 is 6.03 Å².